The van der Waals surface area contributed by atoms with Crippen molar-refractivity contribution in [2.45, 2.75) is 19.4 Å². The minimum Gasteiger partial charge on any atom is -0.355 e. The van der Waals surface area contributed by atoms with Crippen molar-refractivity contribution < 1.29 is 4.79 Å². The molecule has 0 saturated carbocycles. The summed E-state index contributed by atoms with van der Waals surface area (Å²) in [5.41, 5.74) is 0.334. The number of hydrogen-bond acceptors (Lipinski definition) is 5. The van der Waals surface area contributed by atoms with Crippen LogP contribution in [0.5, 0.6) is 0 Å². The van der Waals surface area contributed by atoms with Gasteiger partial charge in [0, 0.05) is 18.0 Å². The van der Waals surface area contributed by atoms with E-state index < -0.39 is 0 Å². The highest BCUT2D eigenvalue weighted by Crippen LogP contribution is 2.21. The van der Waals surface area contributed by atoms with Crippen molar-refractivity contribution in [3.05, 3.63) is 39.2 Å². The summed E-state index contributed by atoms with van der Waals surface area (Å²) in [5.74, 6) is 0.620. The predicted octanol–water partition coefficient (Wildman–Crippen LogP) is 2.72. The van der Waals surface area contributed by atoms with Crippen LogP contribution in [-0.4, -0.2) is 29.2 Å². The first-order valence-corrected chi connectivity index (χ1v) is 8.03. The van der Waals surface area contributed by atoms with Gasteiger partial charge in [-0.25, -0.2) is 0 Å². The number of carbonyl (C=O) groups excluding carboxylic acids is 1. The monoisotopic (exact) mass is 322 g/mol. The summed E-state index contributed by atoms with van der Waals surface area (Å²) in [7, 11) is 0. The van der Waals surface area contributed by atoms with Crippen molar-refractivity contribution in [1.82, 2.24) is 15.5 Å². The normalized spacial score (nSPS) is 14.4. The Kier molecular flexibility index (Phi) is 4.36. The molecule has 0 unspecified atom stereocenters. The maximum absolute atomic E-state index is 12.0. The van der Waals surface area contributed by atoms with Gasteiger partial charge in [-0.3, -0.25) is 4.79 Å². The molecule has 2 aromatic heterocycles. The summed E-state index contributed by atoms with van der Waals surface area (Å²) in [6, 6.07) is 7.29. The fraction of sp³-hybridized carbons (Fsp3) is 0.357. The van der Waals surface area contributed by atoms with Gasteiger partial charge in [-0.15, -0.1) is 21.5 Å². The van der Waals surface area contributed by atoms with Crippen LogP contribution in [0.1, 0.15) is 28.2 Å². The average Bonchev–Trinajstić information content (AvgIpc) is 3.16. The molecule has 1 aliphatic rings. The SMILES string of the molecule is O=C(NCc1ccc(Cl)s1)c1ccc(N2CCCC2)nn1. The summed E-state index contributed by atoms with van der Waals surface area (Å²) in [4.78, 5) is 15.2. The predicted molar refractivity (Wildman–Crippen MR) is 84.0 cm³/mol. The van der Waals surface area contributed by atoms with Crippen LogP contribution in [0, 0.1) is 0 Å². The average molecular weight is 323 g/mol. The Balaban J connectivity index is 1.59. The number of halogens is 1. The summed E-state index contributed by atoms with van der Waals surface area (Å²) in [6.07, 6.45) is 2.38. The Bertz CT molecular complexity index is 622. The fourth-order valence-corrected chi connectivity index (χ4v) is 3.29. The van der Waals surface area contributed by atoms with E-state index in [0.717, 1.165) is 23.8 Å². The van der Waals surface area contributed by atoms with Gasteiger partial charge in [0.25, 0.3) is 5.91 Å². The zero-order valence-corrected chi connectivity index (χ0v) is 13.0. The Morgan fingerprint density at radius 2 is 2.05 bits per heavy atom. The maximum Gasteiger partial charge on any atom is 0.272 e. The van der Waals surface area contributed by atoms with Crippen LogP contribution in [0.2, 0.25) is 4.34 Å². The van der Waals surface area contributed by atoms with Gasteiger partial charge in [0.05, 0.1) is 10.9 Å². The van der Waals surface area contributed by atoms with Crippen molar-refractivity contribution in [1.29, 1.82) is 0 Å². The number of amides is 1. The zero-order valence-electron chi connectivity index (χ0n) is 11.4. The van der Waals surface area contributed by atoms with E-state index in [9.17, 15) is 4.79 Å². The summed E-state index contributed by atoms with van der Waals surface area (Å²) in [5, 5.41) is 11.0. The highest BCUT2D eigenvalue weighted by atomic mass is 35.5. The van der Waals surface area contributed by atoms with Gasteiger partial charge in [-0.1, -0.05) is 11.6 Å². The molecule has 110 valence electrons. The summed E-state index contributed by atoms with van der Waals surface area (Å²) >= 11 is 7.30. The molecule has 0 spiro atoms. The quantitative estimate of drug-likeness (QED) is 0.940. The molecular formula is C14H15ClN4OS. The smallest absolute Gasteiger partial charge is 0.272 e. The maximum atomic E-state index is 12.0. The van der Waals surface area contributed by atoms with Crippen LogP contribution in [0.4, 0.5) is 5.82 Å². The third-order valence-electron chi connectivity index (χ3n) is 3.37. The van der Waals surface area contributed by atoms with Crippen LogP contribution < -0.4 is 10.2 Å². The first-order valence-electron chi connectivity index (χ1n) is 6.83. The van der Waals surface area contributed by atoms with E-state index in [1.54, 1.807) is 6.07 Å². The van der Waals surface area contributed by atoms with Crippen molar-refractivity contribution >= 4 is 34.7 Å². The minimum absolute atomic E-state index is 0.222. The number of nitrogens with zero attached hydrogens (tertiary/aromatic N) is 3. The molecule has 0 aliphatic carbocycles. The molecule has 21 heavy (non-hydrogen) atoms. The van der Waals surface area contributed by atoms with Crippen LogP contribution in [0.15, 0.2) is 24.3 Å². The highest BCUT2D eigenvalue weighted by molar-refractivity contribution is 7.16. The zero-order chi connectivity index (χ0) is 14.7. The third kappa shape index (κ3) is 3.51. The minimum atomic E-state index is -0.222. The fourth-order valence-electron chi connectivity index (χ4n) is 2.27. The molecule has 0 bridgehead atoms. The van der Waals surface area contributed by atoms with E-state index >= 15 is 0 Å². The van der Waals surface area contributed by atoms with Crippen molar-refractivity contribution in [3.63, 3.8) is 0 Å². The van der Waals surface area contributed by atoms with E-state index in [1.165, 1.54) is 24.2 Å². The van der Waals surface area contributed by atoms with Gasteiger partial charge < -0.3 is 10.2 Å². The van der Waals surface area contributed by atoms with Crippen LogP contribution in [0.25, 0.3) is 0 Å². The van der Waals surface area contributed by atoms with E-state index in [1.807, 2.05) is 18.2 Å². The van der Waals surface area contributed by atoms with Gasteiger partial charge >= 0.3 is 0 Å². The van der Waals surface area contributed by atoms with E-state index in [-0.39, 0.29) is 5.91 Å². The molecule has 0 aromatic carbocycles. The number of aromatic nitrogens is 2. The van der Waals surface area contributed by atoms with Gasteiger partial charge in [0.1, 0.15) is 0 Å². The third-order valence-corrected chi connectivity index (χ3v) is 4.60. The van der Waals surface area contributed by atoms with Crippen LogP contribution in [0.3, 0.4) is 0 Å². The molecule has 1 aliphatic heterocycles. The Labute approximate surface area is 131 Å². The number of carbonyl (C=O) groups is 1. The number of nitrogens with one attached hydrogen (secondary N) is 1. The molecule has 2 aromatic rings. The number of anilines is 1. The second kappa shape index (κ2) is 6.41. The first-order chi connectivity index (χ1) is 10.2. The van der Waals surface area contributed by atoms with Gasteiger partial charge in [0.15, 0.2) is 11.5 Å². The molecule has 0 atom stereocenters. The number of thiophene rings is 1. The lowest BCUT2D eigenvalue weighted by Crippen LogP contribution is -2.25. The summed E-state index contributed by atoms with van der Waals surface area (Å²) in [6.45, 7) is 2.48. The molecule has 1 N–H and O–H groups in total. The number of rotatable bonds is 4. The molecule has 7 heteroatoms. The molecular weight excluding hydrogens is 308 g/mol. The topological polar surface area (TPSA) is 58.1 Å². The van der Waals surface area contributed by atoms with Crippen molar-refractivity contribution in [2.24, 2.45) is 0 Å². The molecule has 1 amide bonds. The molecule has 3 heterocycles. The molecule has 1 saturated heterocycles. The van der Waals surface area contributed by atoms with E-state index in [0.29, 0.717) is 16.6 Å². The lowest BCUT2D eigenvalue weighted by Gasteiger charge is -2.15. The van der Waals surface area contributed by atoms with Crippen LogP contribution in [-0.2, 0) is 6.54 Å². The Morgan fingerprint density at radius 1 is 1.24 bits per heavy atom. The largest absolute Gasteiger partial charge is 0.355 e. The van der Waals surface area contributed by atoms with Gasteiger partial charge in [-0.2, -0.15) is 0 Å². The second-order valence-corrected chi connectivity index (χ2v) is 6.66. The first kappa shape index (κ1) is 14.3. The second-order valence-electron chi connectivity index (χ2n) is 4.86. The Morgan fingerprint density at radius 3 is 2.67 bits per heavy atom. The van der Waals surface area contributed by atoms with Crippen molar-refractivity contribution in [2.75, 3.05) is 18.0 Å². The van der Waals surface area contributed by atoms with Crippen molar-refractivity contribution in [3.8, 4) is 0 Å². The molecule has 0 radical (unpaired) electrons. The number of hydrogen-bond donors (Lipinski definition) is 1. The van der Waals surface area contributed by atoms with Gasteiger partial charge in [-0.05, 0) is 37.1 Å². The Hall–Kier alpha value is -1.66. The molecule has 3 rings (SSSR count). The van der Waals surface area contributed by atoms with E-state index in [4.69, 9.17) is 11.6 Å². The van der Waals surface area contributed by atoms with E-state index in [2.05, 4.69) is 20.4 Å². The van der Waals surface area contributed by atoms with Gasteiger partial charge in [0.2, 0.25) is 0 Å². The standard InChI is InChI=1S/C14H15ClN4OS/c15-12-5-3-10(21-12)9-16-14(20)11-4-6-13(18-17-11)19-7-1-2-8-19/h3-6H,1-2,7-9H2,(H,16,20). The van der Waals surface area contributed by atoms with Crippen LogP contribution >= 0.6 is 22.9 Å². The highest BCUT2D eigenvalue weighted by Gasteiger charge is 2.15. The summed E-state index contributed by atoms with van der Waals surface area (Å²) < 4.78 is 0.717. The lowest BCUT2D eigenvalue weighted by molar-refractivity contribution is 0.0945. The lowest BCUT2D eigenvalue weighted by atomic mass is 10.3. The molecule has 1 fully saturated rings. The molecule has 5 nitrogen and oxygen atoms in total.